The van der Waals surface area contributed by atoms with Crippen LogP contribution < -0.4 is 5.56 Å². The number of thiophene rings is 1. The van der Waals surface area contributed by atoms with Crippen LogP contribution in [0.2, 0.25) is 0 Å². The first-order valence-corrected chi connectivity index (χ1v) is 8.27. The average molecular weight is 324 g/mol. The highest BCUT2D eigenvalue weighted by molar-refractivity contribution is 7.71. The minimum atomic E-state index is -0.311. The number of aromatic amines is 1. The zero-order valence-electron chi connectivity index (χ0n) is 11.7. The minimum Gasteiger partial charge on any atom is -0.466 e. The number of nitrogens with one attached hydrogen (secondary N) is 1. The smallest absolute Gasteiger partial charge is 0.307 e. The Kier molecular flexibility index (Phi) is 3.95. The number of aryl methyl sites for hydroxylation is 2. The molecule has 1 aliphatic rings. The highest BCUT2D eigenvalue weighted by atomic mass is 32.1. The van der Waals surface area contributed by atoms with Crippen molar-refractivity contribution < 1.29 is 9.53 Å². The Bertz CT molecular complexity index is 816. The van der Waals surface area contributed by atoms with E-state index in [0.717, 1.165) is 35.0 Å². The molecule has 112 valence electrons. The van der Waals surface area contributed by atoms with Gasteiger partial charge in [-0.1, -0.05) is 0 Å². The third-order valence-electron chi connectivity index (χ3n) is 3.69. The quantitative estimate of drug-likeness (QED) is 0.693. The van der Waals surface area contributed by atoms with E-state index >= 15 is 0 Å². The molecule has 0 aromatic carbocycles. The van der Waals surface area contributed by atoms with Crippen molar-refractivity contribution in [1.82, 2.24) is 9.55 Å². The van der Waals surface area contributed by atoms with Crippen molar-refractivity contribution >= 4 is 39.7 Å². The number of esters is 1. The second kappa shape index (κ2) is 5.73. The monoisotopic (exact) mass is 324 g/mol. The number of rotatable bonds is 4. The lowest BCUT2D eigenvalue weighted by Gasteiger charge is -2.06. The van der Waals surface area contributed by atoms with Gasteiger partial charge < -0.3 is 9.72 Å². The molecule has 2 aromatic rings. The molecule has 0 aliphatic heterocycles. The molecule has 1 aliphatic carbocycles. The maximum atomic E-state index is 12.7. The largest absolute Gasteiger partial charge is 0.466 e. The molecule has 0 radical (unpaired) electrons. The summed E-state index contributed by atoms with van der Waals surface area (Å²) in [6, 6.07) is 0. The molecule has 0 saturated carbocycles. The lowest BCUT2D eigenvalue weighted by Crippen LogP contribution is -2.24. The number of aromatic nitrogens is 2. The van der Waals surface area contributed by atoms with Gasteiger partial charge in [-0.25, -0.2) is 0 Å². The number of carbonyl (C=O) groups excluding carboxylic acids is 1. The first-order chi connectivity index (χ1) is 10.1. The Morgan fingerprint density at radius 2 is 2.29 bits per heavy atom. The molecule has 0 spiro atoms. The van der Waals surface area contributed by atoms with E-state index < -0.39 is 0 Å². The lowest BCUT2D eigenvalue weighted by molar-refractivity contribution is -0.143. The number of carbonyl (C=O) groups is 1. The van der Waals surface area contributed by atoms with Gasteiger partial charge in [0.25, 0.3) is 5.56 Å². The predicted octanol–water partition coefficient (Wildman–Crippen LogP) is 2.56. The van der Waals surface area contributed by atoms with Crippen LogP contribution in [-0.2, 0) is 28.9 Å². The van der Waals surface area contributed by atoms with Gasteiger partial charge in [-0.05, 0) is 44.0 Å². The minimum absolute atomic E-state index is 0.0857. The van der Waals surface area contributed by atoms with Crippen LogP contribution in [0.4, 0.5) is 0 Å². The maximum absolute atomic E-state index is 12.7. The molecular formula is C14H16N2O3S2. The van der Waals surface area contributed by atoms with Crippen molar-refractivity contribution in [3.8, 4) is 0 Å². The average Bonchev–Trinajstić information content (AvgIpc) is 2.98. The van der Waals surface area contributed by atoms with Gasteiger partial charge in [0.1, 0.15) is 4.83 Å². The van der Waals surface area contributed by atoms with E-state index in [0.29, 0.717) is 11.4 Å². The van der Waals surface area contributed by atoms with Crippen molar-refractivity contribution in [2.75, 3.05) is 6.61 Å². The second-order valence-electron chi connectivity index (χ2n) is 5.00. The fourth-order valence-electron chi connectivity index (χ4n) is 2.75. The molecule has 0 atom stereocenters. The molecule has 0 unspecified atom stereocenters. The number of hydrogen-bond donors (Lipinski definition) is 1. The van der Waals surface area contributed by atoms with E-state index in [1.807, 2.05) is 0 Å². The topological polar surface area (TPSA) is 64.1 Å². The number of nitrogens with zero attached hydrogens (tertiary/aromatic N) is 1. The Morgan fingerprint density at radius 1 is 1.48 bits per heavy atom. The third-order valence-corrected chi connectivity index (χ3v) is 5.22. The fraction of sp³-hybridized carbons (Fsp3) is 0.500. The summed E-state index contributed by atoms with van der Waals surface area (Å²) in [5, 5.41) is 0.755. The van der Waals surface area contributed by atoms with Gasteiger partial charge in [0, 0.05) is 11.4 Å². The van der Waals surface area contributed by atoms with E-state index in [2.05, 4.69) is 4.98 Å². The molecule has 7 heteroatoms. The fourth-order valence-corrected chi connectivity index (χ4v) is 4.37. The number of H-pyrrole nitrogens is 1. The van der Waals surface area contributed by atoms with Crippen LogP contribution in [0, 0.1) is 4.77 Å². The molecule has 1 N–H and O–H groups in total. The first-order valence-electron chi connectivity index (χ1n) is 7.04. The summed E-state index contributed by atoms with van der Waals surface area (Å²) in [6.45, 7) is 2.36. The summed E-state index contributed by atoms with van der Waals surface area (Å²) in [5.41, 5.74) is 1.08. The summed E-state index contributed by atoms with van der Waals surface area (Å²) in [5.74, 6) is -0.311. The van der Waals surface area contributed by atoms with Crippen molar-refractivity contribution in [1.29, 1.82) is 0 Å². The Labute approximate surface area is 130 Å². The van der Waals surface area contributed by atoms with Crippen molar-refractivity contribution in [2.45, 2.75) is 39.2 Å². The second-order valence-corrected chi connectivity index (χ2v) is 6.50. The van der Waals surface area contributed by atoms with Crippen LogP contribution >= 0.6 is 23.6 Å². The van der Waals surface area contributed by atoms with Crippen molar-refractivity contribution in [2.24, 2.45) is 0 Å². The lowest BCUT2D eigenvalue weighted by atomic mass is 10.2. The van der Waals surface area contributed by atoms with Crippen LogP contribution in [-0.4, -0.2) is 22.1 Å². The van der Waals surface area contributed by atoms with Gasteiger partial charge in [0.05, 0.1) is 18.4 Å². The van der Waals surface area contributed by atoms with E-state index in [4.69, 9.17) is 17.0 Å². The third kappa shape index (κ3) is 2.55. The molecule has 2 aromatic heterocycles. The summed E-state index contributed by atoms with van der Waals surface area (Å²) in [7, 11) is 0. The summed E-state index contributed by atoms with van der Waals surface area (Å²) >= 11 is 6.88. The Morgan fingerprint density at radius 3 is 3.05 bits per heavy atom. The van der Waals surface area contributed by atoms with E-state index in [1.165, 1.54) is 9.44 Å². The number of ether oxygens (including phenoxy) is 1. The maximum Gasteiger partial charge on any atom is 0.307 e. The van der Waals surface area contributed by atoms with Gasteiger partial charge in [-0.2, -0.15) is 0 Å². The SMILES string of the molecule is CCOC(=O)CCn1c(=S)[nH]c2sc3c(c2c1=O)CCC3. The zero-order chi connectivity index (χ0) is 15.0. The van der Waals surface area contributed by atoms with Gasteiger partial charge in [0.15, 0.2) is 4.77 Å². The highest BCUT2D eigenvalue weighted by Crippen LogP contribution is 2.34. The normalized spacial score (nSPS) is 13.6. The van der Waals surface area contributed by atoms with Crippen LogP contribution in [0.1, 0.15) is 30.2 Å². The summed E-state index contributed by atoms with van der Waals surface area (Å²) in [4.78, 5) is 29.4. The molecule has 21 heavy (non-hydrogen) atoms. The van der Waals surface area contributed by atoms with Crippen LogP contribution in [0.3, 0.4) is 0 Å². The van der Waals surface area contributed by atoms with Gasteiger partial charge in [0.2, 0.25) is 0 Å². The molecule has 5 nitrogen and oxygen atoms in total. The molecule has 3 rings (SSSR count). The molecule has 0 saturated heterocycles. The summed E-state index contributed by atoms with van der Waals surface area (Å²) < 4.78 is 6.74. The molecular weight excluding hydrogens is 308 g/mol. The van der Waals surface area contributed by atoms with Gasteiger partial charge in [-0.15, -0.1) is 11.3 Å². The zero-order valence-corrected chi connectivity index (χ0v) is 13.4. The number of fused-ring (bicyclic) bond motifs is 3. The van der Waals surface area contributed by atoms with Gasteiger partial charge in [-0.3, -0.25) is 14.2 Å². The van der Waals surface area contributed by atoms with Crippen molar-refractivity contribution in [3.05, 3.63) is 25.6 Å². The summed E-state index contributed by atoms with van der Waals surface area (Å²) in [6.07, 6.45) is 3.25. The first kappa shape index (κ1) is 14.5. The van der Waals surface area contributed by atoms with Crippen LogP contribution in [0.25, 0.3) is 10.2 Å². The van der Waals surface area contributed by atoms with Gasteiger partial charge >= 0.3 is 5.97 Å². The van der Waals surface area contributed by atoms with Crippen LogP contribution in [0.5, 0.6) is 0 Å². The highest BCUT2D eigenvalue weighted by Gasteiger charge is 2.21. The van der Waals surface area contributed by atoms with E-state index in [-0.39, 0.29) is 24.5 Å². The Hall–Kier alpha value is -1.47. The number of hydrogen-bond acceptors (Lipinski definition) is 5. The molecule has 0 fully saturated rings. The molecule has 0 bridgehead atoms. The predicted molar refractivity (Wildman–Crippen MR) is 84.5 cm³/mol. The van der Waals surface area contributed by atoms with E-state index in [1.54, 1.807) is 18.3 Å². The standard InChI is InChI=1S/C14H16N2O3S2/c1-2-19-10(17)6-7-16-13(18)11-8-4-3-5-9(8)21-12(11)15-14(16)20/h2-7H2,1H3,(H,15,20). The molecule has 2 heterocycles. The Balaban J connectivity index is 2.01. The van der Waals surface area contributed by atoms with Crippen molar-refractivity contribution in [3.63, 3.8) is 0 Å². The van der Waals surface area contributed by atoms with E-state index in [9.17, 15) is 9.59 Å². The molecule has 0 amide bonds. The van der Waals surface area contributed by atoms with Crippen LogP contribution in [0.15, 0.2) is 4.79 Å².